The third kappa shape index (κ3) is 3.43. The molecule has 0 unspecified atom stereocenters. The summed E-state index contributed by atoms with van der Waals surface area (Å²) in [6.07, 6.45) is 1.37. The number of nitrogens with zero attached hydrogens (tertiary/aromatic N) is 2. The van der Waals surface area contributed by atoms with E-state index < -0.39 is 0 Å². The second-order valence-corrected chi connectivity index (χ2v) is 4.15. The van der Waals surface area contributed by atoms with Crippen molar-refractivity contribution in [2.75, 3.05) is 5.32 Å². The summed E-state index contributed by atoms with van der Waals surface area (Å²) in [4.78, 5) is 0. The van der Waals surface area contributed by atoms with Crippen LogP contribution in [0.2, 0.25) is 5.02 Å². The molecule has 0 heterocycles. The van der Waals surface area contributed by atoms with Gasteiger partial charge in [-0.3, -0.25) is 0 Å². The first-order valence-corrected chi connectivity index (χ1v) is 5.35. The molecule has 74 valence electrons. The molecule has 0 aromatic heterocycles. The minimum Gasteiger partial charge on any atom is -0.359 e. The van der Waals surface area contributed by atoms with E-state index in [2.05, 4.69) is 27.9 Å². The van der Waals surface area contributed by atoms with E-state index in [1.165, 1.54) is 6.20 Å². The fourth-order valence-electron chi connectivity index (χ4n) is 0.846. The Hall–Kier alpha value is -1.24. The van der Waals surface area contributed by atoms with Gasteiger partial charge in [0.15, 0.2) is 0 Å². The molecule has 0 aliphatic rings. The molecule has 0 radical (unpaired) electrons. The van der Waals surface area contributed by atoms with Gasteiger partial charge in [-0.25, -0.2) is 0 Å². The lowest BCUT2D eigenvalue weighted by atomic mass is 10.3. The van der Waals surface area contributed by atoms with Gasteiger partial charge in [0, 0.05) is 14.8 Å². The average Bonchev–Trinajstić information content (AvgIpc) is 2.22. The molecule has 0 saturated heterocycles. The lowest BCUT2D eigenvalue weighted by Gasteiger charge is -2.03. The molecule has 0 spiro atoms. The summed E-state index contributed by atoms with van der Waals surface area (Å²) in [5.74, 6) is 0. The highest BCUT2D eigenvalue weighted by molar-refractivity contribution is 14.1. The molecule has 5 heteroatoms. The van der Waals surface area contributed by atoms with Crippen molar-refractivity contribution < 1.29 is 0 Å². The van der Waals surface area contributed by atoms with Crippen LogP contribution in [0.3, 0.4) is 0 Å². The van der Waals surface area contributed by atoms with Crippen molar-refractivity contribution in [1.82, 2.24) is 0 Å². The number of hydrogen-bond donors (Lipinski definition) is 1. The van der Waals surface area contributed by atoms with Gasteiger partial charge in [0.25, 0.3) is 0 Å². The van der Waals surface area contributed by atoms with Crippen LogP contribution in [0.15, 0.2) is 30.0 Å². The fraction of sp³-hybridized carbons (Fsp3) is 0. The Bertz CT molecular complexity index is 466. The number of allylic oxidation sites excluding steroid dienone is 1. The molecular formula is C10H5ClIN3. The van der Waals surface area contributed by atoms with Gasteiger partial charge in [-0.05, 0) is 40.8 Å². The summed E-state index contributed by atoms with van der Waals surface area (Å²) >= 11 is 7.90. The van der Waals surface area contributed by atoms with Crippen molar-refractivity contribution in [2.45, 2.75) is 0 Å². The first-order valence-electron chi connectivity index (χ1n) is 3.89. The van der Waals surface area contributed by atoms with Gasteiger partial charge in [-0.15, -0.1) is 0 Å². The first-order chi connectivity index (χ1) is 7.17. The quantitative estimate of drug-likeness (QED) is 0.669. The molecule has 0 aliphatic carbocycles. The fourth-order valence-corrected chi connectivity index (χ4v) is 1.87. The molecule has 15 heavy (non-hydrogen) atoms. The molecule has 0 amide bonds. The Balaban J connectivity index is 2.89. The molecule has 0 saturated carbocycles. The van der Waals surface area contributed by atoms with E-state index >= 15 is 0 Å². The van der Waals surface area contributed by atoms with Gasteiger partial charge in [0.1, 0.15) is 17.7 Å². The zero-order valence-electron chi connectivity index (χ0n) is 7.46. The summed E-state index contributed by atoms with van der Waals surface area (Å²) < 4.78 is 0.923. The lowest BCUT2D eigenvalue weighted by Crippen LogP contribution is -1.92. The second-order valence-electron chi connectivity index (χ2n) is 2.55. The highest BCUT2D eigenvalue weighted by atomic mass is 127. The van der Waals surface area contributed by atoms with Crippen LogP contribution in [0, 0.1) is 26.2 Å². The number of hydrogen-bond acceptors (Lipinski definition) is 3. The second kappa shape index (κ2) is 5.59. The number of benzene rings is 1. The van der Waals surface area contributed by atoms with Crippen molar-refractivity contribution in [2.24, 2.45) is 0 Å². The van der Waals surface area contributed by atoms with Crippen LogP contribution in [0.1, 0.15) is 0 Å². The van der Waals surface area contributed by atoms with Crippen molar-refractivity contribution in [3.05, 3.63) is 38.6 Å². The number of halogens is 2. The average molecular weight is 330 g/mol. The van der Waals surface area contributed by atoms with Crippen molar-refractivity contribution >= 4 is 39.9 Å². The molecule has 0 atom stereocenters. The Morgan fingerprint density at radius 1 is 1.40 bits per heavy atom. The molecule has 0 bridgehead atoms. The molecule has 1 rings (SSSR count). The maximum atomic E-state index is 8.51. The van der Waals surface area contributed by atoms with E-state index in [9.17, 15) is 0 Å². The van der Waals surface area contributed by atoms with Crippen LogP contribution in [-0.4, -0.2) is 0 Å². The third-order valence-electron chi connectivity index (χ3n) is 1.54. The normalized spacial score (nSPS) is 8.53. The van der Waals surface area contributed by atoms with E-state index in [0.29, 0.717) is 5.02 Å². The van der Waals surface area contributed by atoms with Gasteiger partial charge in [0.05, 0.1) is 5.69 Å². The third-order valence-corrected chi connectivity index (χ3v) is 2.67. The van der Waals surface area contributed by atoms with Crippen molar-refractivity contribution in [3.8, 4) is 12.1 Å². The van der Waals surface area contributed by atoms with Gasteiger partial charge in [0.2, 0.25) is 0 Å². The summed E-state index contributed by atoms with van der Waals surface area (Å²) in [5.41, 5.74) is 0.837. The maximum Gasteiger partial charge on any atom is 0.145 e. The van der Waals surface area contributed by atoms with Crippen molar-refractivity contribution in [3.63, 3.8) is 0 Å². The predicted molar refractivity (Wildman–Crippen MR) is 67.1 cm³/mol. The number of nitriles is 2. The summed E-state index contributed by atoms with van der Waals surface area (Å²) in [5, 5.41) is 20.5. The molecule has 1 aromatic carbocycles. The van der Waals surface area contributed by atoms with Gasteiger partial charge in [-0.1, -0.05) is 11.6 Å². The van der Waals surface area contributed by atoms with E-state index in [4.69, 9.17) is 22.1 Å². The van der Waals surface area contributed by atoms with Crippen LogP contribution in [-0.2, 0) is 0 Å². The standard InChI is InChI=1S/C10H5ClIN3/c11-8-1-2-10(9(12)3-8)15-6-7(4-13)5-14/h1-3,6,15H. The van der Waals surface area contributed by atoms with E-state index in [1.807, 2.05) is 0 Å². The molecule has 3 nitrogen and oxygen atoms in total. The first kappa shape index (κ1) is 11.8. The van der Waals surface area contributed by atoms with Gasteiger partial charge >= 0.3 is 0 Å². The van der Waals surface area contributed by atoms with Gasteiger partial charge in [-0.2, -0.15) is 10.5 Å². The minimum absolute atomic E-state index is 0.0285. The minimum atomic E-state index is 0.0285. The van der Waals surface area contributed by atoms with E-state index in [-0.39, 0.29) is 5.57 Å². The van der Waals surface area contributed by atoms with Crippen LogP contribution in [0.4, 0.5) is 5.69 Å². The zero-order chi connectivity index (χ0) is 11.3. The van der Waals surface area contributed by atoms with Crippen LogP contribution >= 0.6 is 34.2 Å². The smallest absolute Gasteiger partial charge is 0.145 e. The molecule has 0 aliphatic heterocycles. The molecule has 1 N–H and O–H groups in total. The molecular weight excluding hydrogens is 324 g/mol. The van der Waals surface area contributed by atoms with Gasteiger partial charge < -0.3 is 5.32 Å². The van der Waals surface area contributed by atoms with Crippen LogP contribution in [0.5, 0.6) is 0 Å². The number of rotatable bonds is 2. The predicted octanol–water partition coefficient (Wildman–Crippen LogP) is 3.29. The summed E-state index contributed by atoms with van der Waals surface area (Å²) in [6, 6.07) is 8.83. The maximum absolute atomic E-state index is 8.51. The SMILES string of the molecule is N#CC(C#N)=CNc1ccc(Cl)cc1I. The lowest BCUT2D eigenvalue weighted by molar-refractivity contribution is 1.44. The highest BCUT2D eigenvalue weighted by Crippen LogP contribution is 2.22. The summed E-state index contributed by atoms with van der Waals surface area (Å²) in [6.45, 7) is 0. The highest BCUT2D eigenvalue weighted by Gasteiger charge is 1.99. The number of nitrogens with one attached hydrogen (secondary N) is 1. The summed E-state index contributed by atoms with van der Waals surface area (Å²) in [7, 11) is 0. The van der Waals surface area contributed by atoms with E-state index in [0.717, 1.165) is 9.26 Å². The van der Waals surface area contributed by atoms with E-state index in [1.54, 1.807) is 30.3 Å². The topological polar surface area (TPSA) is 59.6 Å². The Kier molecular flexibility index (Phi) is 4.41. The largest absolute Gasteiger partial charge is 0.359 e. The Morgan fingerprint density at radius 3 is 2.60 bits per heavy atom. The van der Waals surface area contributed by atoms with Crippen molar-refractivity contribution in [1.29, 1.82) is 10.5 Å². The monoisotopic (exact) mass is 329 g/mol. The Labute approximate surface area is 106 Å². The van der Waals surface area contributed by atoms with Crippen LogP contribution < -0.4 is 5.32 Å². The number of anilines is 1. The Morgan fingerprint density at radius 2 is 2.07 bits per heavy atom. The zero-order valence-corrected chi connectivity index (χ0v) is 10.4. The van der Waals surface area contributed by atoms with Crippen LogP contribution in [0.25, 0.3) is 0 Å². The molecule has 0 fully saturated rings. The molecule has 1 aromatic rings.